The molecule has 0 atom stereocenters. The summed E-state index contributed by atoms with van der Waals surface area (Å²) in [6.45, 7) is 2.08. The molecule has 6 nitrogen and oxygen atoms in total. The number of hydrogen-bond donors (Lipinski definition) is 0. The van der Waals surface area contributed by atoms with Gasteiger partial charge in [-0.25, -0.2) is 0 Å². The van der Waals surface area contributed by atoms with Gasteiger partial charge in [-0.15, -0.1) is 0 Å². The Labute approximate surface area is 153 Å². The van der Waals surface area contributed by atoms with E-state index in [0.29, 0.717) is 17.9 Å². The van der Waals surface area contributed by atoms with E-state index in [1.165, 1.54) is 0 Å². The predicted molar refractivity (Wildman–Crippen MR) is 97.3 cm³/mol. The normalized spacial score (nSPS) is 11.1. The largest absolute Gasteiger partial charge is 0.491 e. The molecule has 0 N–H and O–H groups in total. The average Bonchev–Trinajstić information content (AvgIpc) is 2.60. The summed E-state index contributed by atoms with van der Waals surface area (Å²) < 4.78 is 39.2. The van der Waals surface area contributed by atoms with E-state index >= 15 is 0 Å². The summed E-state index contributed by atoms with van der Waals surface area (Å²) in [7, 11) is -3.66. The molecular formula is C19H22O6S. The summed E-state index contributed by atoms with van der Waals surface area (Å²) in [6.07, 6.45) is 0.160. The minimum absolute atomic E-state index is 0.0802. The summed E-state index contributed by atoms with van der Waals surface area (Å²) in [4.78, 5) is 11.5. The lowest BCUT2D eigenvalue weighted by atomic mass is 10.1. The Balaban J connectivity index is 1.78. The first-order valence-corrected chi connectivity index (χ1v) is 9.84. The quantitative estimate of drug-likeness (QED) is 0.359. The van der Waals surface area contributed by atoms with Gasteiger partial charge >= 0.3 is 5.97 Å². The van der Waals surface area contributed by atoms with Crippen LogP contribution >= 0.6 is 0 Å². The van der Waals surface area contributed by atoms with Gasteiger partial charge in [-0.1, -0.05) is 42.5 Å². The van der Waals surface area contributed by atoms with Crippen LogP contribution in [0.5, 0.6) is 5.75 Å². The zero-order valence-corrected chi connectivity index (χ0v) is 15.4. The molecule has 140 valence electrons. The molecule has 26 heavy (non-hydrogen) atoms. The van der Waals surface area contributed by atoms with Gasteiger partial charge in [0.05, 0.1) is 13.0 Å². The van der Waals surface area contributed by atoms with Crippen molar-refractivity contribution in [3.63, 3.8) is 0 Å². The zero-order chi connectivity index (χ0) is 18.8. The molecule has 0 saturated carbocycles. The molecule has 0 aliphatic rings. The highest BCUT2D eigenvalue weighted by Crippen LogP contribution is 2.14. The molecule has 0 amide bonds. The van der Waals surface area contributed by atoms with Crippen molar-refractivity contribution in [2.45, 2.75) is 19.1 Å². The summed E-state index contributed by atoms with van der Waals surface area (Å²) >= 11 is 0. The topological polar surface area (TPSA) is 78.9 Å². The lowest BCUT2D eigenvalue weighted by Crippen LogP contribution is -2.14. The third-order valence-electron chi connectivity index (χ3n) is 3.35. The Morgan fingerprint density at radius 1 is 0.962 bits per heavy atom. The lowest BCUT2D eigenvalue weighted by Gasteiger charge is -2.09. The highest BCUT2D eigenvalue weighted by atomic mass is 32.2. The van der Waals surface area contributed by atoms with Crippen molar-refractivity contribution < 1.29 is 26.9 Å². The van der Waals surface area contributed by atoms with Gasteiger partial charge in [0.1, 0.15) is 24.7 Å². The Bertz CT molecular complexity index is 802. The molecule has 0 fully saturated rings. The highest BCUT2D eigenvalue weighted by molar-refractivity contribution is 7.85. The number of carbonyl (C=O) groups is 1. The first-order chi connectivity index (χ1) is 12.5. The van der Waals surface area contributed by atoms with Crippen LogP contribution in [-0.2, 0) is 36.0 Å². The van der Waals surface area contributed by atoms with Gasteiger partial charge in [-0.05, 0) is 30.2 Å². The van der Waals surface area contributed by atoms with Crippen molar-refractivity contribution >= 4 is 16.1 Å². The van der Waals surface area contributed by atoms with Crippen LogP contribution in [0.4, 0.5) is 0 Å². The first-order valence-electron chi connectivity index (χ1n) is 8.27. The maximum atomic E-state index is 11.9. The van der Waals surface area contributed by atoms with Gasteiger partial charge in [-0.2, -0.15) is 8.42 Å². The maximum absolute atomic E-state index is 11.9. The molecule has 2 aromatic rings. The van der Waals surface area contributed by atoms with E-state index in [0.717, 1.165) is 5.56 Å². The number of benzene rings is 2. The van der Waals surface area contributed by atoms with E-state index < -0.39 is 10.1 Å². The molecule has 2 aromatic carbocycles. The van der Waals surface area contributed by atoms with Crippen molar-refractivity contribution in [3.05, 3.63) is 65.7 Å². The Morgan fingerprint density at radius 2 is 1.69 bits per heavy atom. The Kier molecular flexibility index (Phi) is 7.62. The van der Waals surface area contributed by atoms with E-state index in [2.05, 4.69) is 0 Å². The monoisotopic (exact) mass is 378 g/mol. The van der Waals surface area contributed by atoms with Crippen LogP contribution in [0, 0.1) is 0 Å². The average molecular weight is 378 g/mol. The van der Waals surface area contributed by atoms with Crippen LogP contribution < -0.4 is 4.74 Å². The Hall–Kier alpha value is -2.38. The SMILES string of the molecule is CCOC(=O)Cc1cccc(OCCOS(=O)(=O)Cc2ccccc2)c1. The van der Waals surface area contributed by atoms with Crippen LogP contribution in [0.1, 0.15) is 18.1 Å². The zero-order valence-electron chi connectivity index (χ0n) is 14.6. The van der Waals surface area contributed by atoms with Crippen molar-refractivity contribution in [2.24, 2.45) is 0 Å². The Morgan fingerprint density at radius 3 is 2.42 bits per heavy atom. The van der Waals surface area contributed by atoms with Crippen molar-refractivity contribution in [3.8, 4) is 5.75 Å². The van der Waals surface area contributed by atoms with Crippen LogP contribution in [0.15, 0.2) is 54.6 Å². The molecule has 0 bridgehead atoms. The van der Waals surface area contributed by atoms with Crippen LogP contribution in [0.3, 0.4) is 0 Å². The summed E-state index contributed by atoms with van der Waals surface area (Å²) in [5.74, 6) is 0.0546. The van der Waals surface area contributed by atoms with Crippen molar-refractivity contribution in [1.29, 1.82) is 0 Å². The van der Waals surface area contributed by atoms with Gasteiger partial charge in [0, 0.05) is 0 Å². The van der Waals surface area contributed by atoms with Crippen molar-refractivity contribution in [2.75, 3.05) is 19.8 Å². The molecular weight excluding hydrogens is 356 g/mol. The van der Waals surface area contributed by atoms with Gasteiger partial charge in [-0.3, -0.25) is 8.98 Å². The highest BCUT2D eigenvalue weighted by Gasteiger charge is 2.12. The minimum atomic E-state index is -3.66. The summed E-state index contributed by atoms with van der Waals surface area (Å²) in [6, 6.07) is 15.8. The second kappa shape index (κ2) is 9.94. The number of carbonyl (C=O) groups excluding carboxylic acids is 1. The van der Waals surface area contributed by atoms with E-state index in [-0.39, 0.29) is 31.4 Å². The number of hydrogen-bond acceptors (Lipinski definition) is 6. The number of rotatable bonds is 10. The first kappa shape index (κ1) is 19.9. The van der Waals surface area contributed by atoms with E-state index in [1.54, 1.807) is 55.5 Å². The van der Waals surface area contributed by atoms with E-state index in [1.807, 2.05) is 6.07 Å². The van der Waals surface area contributed by atoms with Gasteiger partial charge < -0.3 is 9.47 Å². The van der Waals surface area contributed by atoms with Crippen LogP contribution in [-0.4, -0.2) is 34.2 Å². The molecule has 0 aliphatic carbocycles. The number of ether oxygens (including phenoxy) is 2. The summed E-state index contributed by atoms with van der Waals surface area (Å²) in [5, 5.41) is 0. The second-order valence-corrected chi connectivity index (χ2v) is 7.13. The van der Waals surface area contributed by atoms with Crippen LogP contribution in [0.2, 0.25) is 0 Å². The number of esters is 1. The van der Waals surface area contributed by atoms with Gasteiger partial charge in [0.25, 0.3) is 10.1 Å². The standard InChI is InChI=1S/C19H22O6S/c1-2-23-19(20)14-17-9-6-10-18(13-17)24-11-12-25-26(21,22)15-16-7-4-3-5-8-16/h3-10,13H,2,11-12,14-15H2,1H3. The minimum Gasteiger partial charge on any atom is -0.491 e. The molecule has 7 heteroatoms. The fraction of sp³-hybridized carbons (Fsp3) is 0.316. The molecule has 0 aromatic heterocycles. The smallest absolute Gasteiger partial charge is 0.310 e. The second-order valence-electron chi connectivity index (χ2n) is 5.49. The molecule has 2 rings (SSSR count). The molecule has 0 heterocycles. The van der Waals surface area contributed by atoms with Crippen molar-refractivity contribution in [1.82, 2.24) is 0 Å². The molecule has 0 saturated heterocycles. The molecule has 0 spiro atoms. The van der Waals surface area contributed by atoms with Gasteiger partial charge in [0.2, 0.25) is 0 Å². The van der Waals surface area contributed by atoms with Crippen LogP contribution in [0.25, 0.3) is 0 Å². The third kappa shape index (κ3) is 7.25. The van der Waals surface area contributed by atoms with Gasteiger partial charge in [0.15, 0.2) is 0 Å². The molecule has 0 aliphatic heterocycles. The molecule has 0 radical (unpaired) electrons. The summed E-state index contributed by atoms with van der Waals surface area (Å²) in [5.41, 5.74) is 1.43. The fourth-order valence-electron chi connectivity index (χ4n) is 2.26. The predicted octanol–water partition coefficient (Wildman–Crippen LogP) is 2.72. The third-order valence-corrected chi connectivity index (χ3v) is 4.57. The van der Waals surface area contributed by atoms with E-state index in [9.17, 15) is 13.2 Å². The lowest BCUT2D eigenvalue weighted by molar-refractivity contribution is -0.142. The fourth-order valence-corrected chi connectivity index (χ4v) is 3.27. The molecule has 0 unspecified atom stereocenters. The maximum Gasteiger partial charge on any atom is 0.310 e. The van der Waals surface area contributed by atoms with E-state index in [4.69, 9.17) is 13.7 Å².